The summed E-state index contributed by atoms with van der Waals surface area (Å²) >= 11 is 0. The Kier molecular flexibility index (Phi) is 4.26. The molecule has 2 aromatic heterocycles. The smallest absolute Gasteiger partial charge is 0.260 e. The standard InChI is InChI=1S/C38H22BNO2/c1-2-13-26-24(11-1)25-12-3-7-17-30(25)40-31-18-8-4-14-27(31)36(38(26)40)23-21-34-37-35(22-23)42-33-20-10-6-16-29(33)39(37)28-15-5-9-19-32(28)41-34/h1-22H. The van der Waals surface area contributed by atoms with E-state index in [1.165, 1.54) is 54.6 Å². The summed E-state index contributed by atoms with van der Waals surface area (Å²) < 4.78 is 15.8. The number of aromatic nitrogens is 1. The number of hydrogen-bond donors (Lipinski definition) is 0. The fraction of sp³-hybridized carbons (Fsp3) is 0. The minimum absolute atomic E-state index is 0.0613. The molecule has 0 saturated carbocycles. The van der Waals surface area contributed by atoms with Crippen molar-refractivity contribution in [2.24, 2.45) is 0 Å². The van der Waals surface area contributed by atoms with Crippen LogP contribution >= 0.6 is 0 Å². The maximum absolute atomic E-state index is 6.67. The summed E-state index contributed by atoms with van der Waals surface area (Å²) in [6, 6.07) is 47.4. The SMILES string of the molecule is c1ccc2c(c1)Oc1cc(-c3c4ccccc4n4c5ccccc5c5ccccc5c34)cc3c1B2c1ccccc1O3. The Morgan fingerprint density at radius 1 is 0.452 bits per heavy atom. The van der Waals surface area contributed by atoms with Gasteiger partial charge in [0.05, 0.1) is 16.6 Å². The first-order chi connectivity index (χ1) is 20.8. The lowest BCUT2D eigenvalue weighted by Gasteiger charge is -2.33. The zero-order valence-electron chi connectivity index (χ0n) is 22.5. The van der Waals surface area contributed by atoms with Gasteiger partial charge in [-0.1, -0.05) is 97.1 Å². The first kappa shape index (κ1) is 22.2. The maximum atomic E-state index is 6.67. The van der Waals surface area contributed by atoms with Gasteiger partial charge in [0, 0.05) is 27.2 Å². The van der Waals surface area contributed by atoms with Gasteiger partial charge < -0.3 is 13.9 Å². The number of rotatable bonds is 1. The summed E-state index contributed by atoms with van der Waals surface area (Å²) in [6.07, 6.45) is 0. The van der Waals surface area contributed by atoms with Gasteiger partial charge in [-0.3, -0.25) is 0 Å². The van der Waals surface area contributed by atoms with E-state index in [9.17, 15) is 0 Å². The van der Waals surface area contributed by atoms with Crippen LogP contribution in [-0.2, 0) is 0 Å². The molecule has 0 saturated heterocycles. The van der Waals surface area contributed by atoms with Crippen molar-refractivity contribution >= 4 is 61.2 Å². The van der Waals surface area contributed by atoms with Gasteiger partial charge in [-0.2, -0.15) is 0 Å². The van der Waals surface area contributed by atoms with E-state index in [0.29, 0.717) is 0 Å². The first-order valence-electron chi connectivity index (χ1n) is 14.4. The normalized spacial score (nSPS) is 13.1. The highest BCUT2D eigenvalue weighted by atomic mass is 16.5. The van der Waals surface area contributed by atoms with E-state index in [2.05, 4.69) is 126 Å². The fourth-order valence-electron chi connectivity index (χ4n) is 7.40. The summed E-state index contributed by atoms with van der Waals surface area (Å²) in [7, 11) is 0. The van der Waals surface area contributed by atoms with Crippen molar-refractivity contribution in [2.75, 3.05) is 0 Å². The molecule has 0 spiro atoms. The van der Waals surface area contributed by atoms with E-state index in [1.807, 2.05) is 12.1 Å². The summed E-state index contributed by atoms with van der Waals surface area (Å²) in [5.41, 5.74) is 9.29. The van der Waals surface area contributed by atoms with Crippen LogP contribution in [0.1, 0.15) is 0 Å². The number of ether oxygens (including phenoxy) is 2. The van der Waals surface area contributed by atoms with E-state index in [-0.39, 0.29) is 6.71 Å². The molecule has 0 radical (unpaired) electrons. The van der Waals surface area contributed by atoms with Crippen molar-refractivity contribution in [1.29, 1.82) is 0 Å². The van der Waals surface area contributed by atoms with Crippen molar-refractivity contribution in [1.82, 2.24) is 4.40 Å². The molecule has 194 valence electrons. The molecule has 6 aromatic carbocycles. The third kappa shape index (κ3) is 2.81. The van der Waals surface area contributed by atoms with E-state index in [0.717, 1.165) is 34.0 Å². The molecule has 8 aromatic rings. The minimum Gasteiger partial charge on any atom is -0.458 e. The second-order valence-electron chi connectivity index (χ2n) is 11.2. The Morgan fingerprint density at radius 2 is 0.952 bits per heavy atom. The van der Waals surface area contributed by atoms with Crippen LogP contribution in [0.2, 0.25) is 0 Å². The maximum Gasteiger partial charge on any atom is 0.260 e. The molecule has 3 nitrogen and oxygen atoms in total. The highest BCUT2D eigenvalue weighted by molar-refractivity contribution is 6.98. The van der Waals surface area contributed by atoms with Gasteiger partial charge in [0.1, 0.15) is 23.0 Å². The lowest BCUT2D eigenvalue weighted by atomic mass is 9.35. The van der Waals surface area contributed by atoms with Crippen LogP contribution in [0, 0.1) is 0 Å². The topological polar surface area (TPSA) is 22.9 Å². The van der Waals surface area contributed by atoms with Crippen LogP contribution < -0.4 is 25.9 Å². The Bertz CT molecular complexity index is 2370. The van der Waals surface area contributed by atoms with Crippen molar-refractivity contribution in [2.45, 2.75) is 0 Å². The quantitative estimate of drug-likeness (QED) is 0.158. The van der Waals surface area contributed by atoms with Crippen molar-refractivity contribution in [3.8, 4) is 34.1 Å². The number of fused-ring (bicyclic) bond motifs is 12. The van der Waals surface area contributed by atoms with Gasteiger partial charge in [0.2, 0.25) is 0 Å². The molecule has 0 atom stereocenters. The van der Waals surface area contributed by atoms with E-state index in [1.54, 1.807) is 0 Å². The number of pyridine rings is 1. The second kappa shape index (κ2) is 8.05. The average molecular weight is 535 g/mol. The van der Waals surface area contributed by atoms with Crippen molar-refractivity contribution in [3.63, 3.8) is 0 Å². The number of benzene rings is 6. The molecule has 0 fully saturated rings. The van der Waals surface area contributed by atoms with Crippen LogP contribution in [0.4, 0.5) is 0 Å². The summed E-state index contributed by atoms with van der Waals surface area (Å²) in [6.45, 7) is 0.0613. The number of nitrogens with zero attached hydrogens (tertiary/aromatic N) is 1. The number of para-hydroxylation sites is 4. The van der Waals surface area contributed by atoms with Gasteiger partial charge in [0.15, 0.2) is 0 Å². The van der Waals surface area contributed by atoms with Crippen LogP contribution in [0.15, 0.2) is 133 Å². The van der Waals surface area contributed by atoms with E-state index >= 15 is 0 Å². The average Bonchev–Trinajstić information content (AvgIpc) is 3.40. The molecule has 10 rings (SSSR count). The lowest BCUT2D eigenvalue weighted by molar-refractivity contribution is 0.465. The summed E-state index contributed by atoms with van der Waals surface area (Å²) in [5, 5.41) is 4.93. The molecule has 0 unspecified atom stereocenters. The van der Waals surface area contributed by atoms with Crippen molar-refractivity contribution < 1.29 is 9.47 Å². The fourth-order valence-corrected chi connectivity index (χ4v) is 7.40. The molecular formula is C38H22BNO2. The Hall–Kier alpha value is -5.48. The van der Waals surface area contributed by atoms with Crippen LogP contribution in [-0.4, -0.2) is 11.1 Å². The molecular weight excluding hydrogens is 513 g/mol. The first-order valence-corrected chi connectivity index (χ1v) is 14.4. The van der Waals surface area contributed by atoms with Crippen LogP contribution in [0.25, 0.3) is 49.2 Å². The molecule has 0 N–H and O–H groups in total. The second-order valence-corrected chi connectivity index (χ2v) is 11.2. The third-order valence-electron chi connectivity index (χ3n) is 9.07. The molecule has 4 heterocycles. The van der Waals surface area contributed by atoms with Gasteiger partial charge in [-0.25, -0.2) is 0 Å². The number of hydrogen-bond acceptors (Lipinski definition) is 2. The van der Waals surface area contributed by atoms with Gasteiger partial charge in [0.25, 0.3) is 6.71 Å². The Morgan fingerprint density at radius 3 is 1.62 bits per heavy atom. The highest BCUT2D eigenvalue weighted by Crippen LogP contribution is 2.45. The molecule has 2 aliphatic heterocycles. The molecule has 2 aliphatic rings. The van der Waals surface area contributed by atoms with Crippen LogP contribution in [0.5, 0.6) is 23.0 Å². The zero-order chi connectivity index (χ0) is 27.4. The molecule has 42 heavy (non-hydrogen) atoms. The molecule has 0 aliphatic carbocycles. The van der Waals surface area contributed by atoms with Gasteiger partial charge in [-0.15, -0.1) is 0 Å². The van der Waals surface area contributed by atoms with Crippen LogP contribution in [0.3, 0.4) is 0 Å². The predicted molar refractivity (Wildman–Crippen MR) is 173 cm³/mol. The zero-order valence-corrected chi connectivity index (χ0v) is 22.5. The van der Waals surface area contributed by atoms with Gasteiger partial charge >= 0.3 is 0 Å². The Labute approximate surface area is 242 Å². The predicted octanol–water partition coefficient (Wildman–Crippen LogP) is 7.79. The molecule has 4 heteroatoms. The minimum atomic E-state index is 0.0613. The Balaban J connectivity index is 1.35. The van der Waals surface area contributed by atoms with Crippen molar-refractivity contribution in [3.05, 3.63) is 133 Å². The third-order valence-corrected chi connectivity index (χ3v) is 9.07. The molecule has 0 bridgehead atoms. The van der Waals surface area contributed by atoms with E-state index < -0.39 is 0 Å². The lowest BCUT2D eigenvalue weighted by Crippen LogP contribution is -2.57. The van der Waals surface area contributed by atoms with Gasteiger partial charge in [-0.05, 0) is 58.3 Å². The summed E-state index contributed by atoms with van der Waals surface area (Å²) in [5.74, 6) is 3.51. The summed E-state index contributed by atoms with van der Waals surface area (Å²) in [4.78, 5) is 0. The highest BCUT2D eigenvalue weighted by Gasteiger charge is 2.40. The monoisotopic (exact) mass is 535 g/mol. The molecule has 0 amide bonds. The van der Waals surface area contributed by atoms with E-state index in [4.69, 9.17) is 9.47 Å². The largest absolute Gasteiger partial charge is 0.458 e.